The molecule has 0 aliphatic carbocycles. The monoisotopic (exact) mass is 354 g/mol. The number of hydrogen-bond acceptors (Lipinski definition) is 4. The van der Waals surface area contributed by atoms with Gasteiger partial charge in [0.15, 0.2) is 0 Å². The molecule has 3 rings (SSSR count). The highest BCUT2D eigenvalue weighted by molar-refractivity contribution is 7.98. The third kappa shape index (κ3) is 3.76. The summed E-state index contributed by atoms with van der Waals surface area (Å²) in [7, 11) is 0. The maximum atomic E-state index is 13.5. The zero-order valence-electron chi connectivity index (χ0n) is 12.0. The molecule has 0 atom stereocenters. The van der Waals surface area contributed by atoms with Gasteiger partial charge in [0.25, 0.3) is 0 Å². The molecule has 0 aliphatic heterocycles. The largest absolute Gasteiger partial charge is 0.416 e. The fourth-order valence-electron chi connectivity index (χ4n) is 1.94. The number of alkyl halides is 3. The zero-order valence-corrected chi connectivity index (χ0v) is 12.9. The van der Waals surface area contributed by atoms with Gasteiger partial charge in [-0.15, -0.1) is 11.8 Å². The molecule has 0 radical (unpaired) electrons. The average molecular weight is 354 g/mol. The van der Waals surface area contributed by atoms with E-state index in [1.165, 1.54) is 30.0 Å². The molecule has 0 bridgehead atoms. The second-order valence-electron chi connectivity index (χ2n) is 4.81. The van der Waals surface area contributed by atoms with Gasteiger partial charge in [0.1, 0.15) is 5.82 Å². The van der Waals surface area contributed by atoms with Crippen molar-refractivity contribution in [2.75, 3.05) is 0 Å². The predicted octanol–water partition coefficient (Wildman–Crippen LogP) is 5.19. The minimum Gasteiger partial charge on any atom is -0.338 e. The summed E-state index contributed by atoms with van der Waals surface area (Å²) in [6.07, 6.45) is -4.39. The van der Waals surface area contributed by atoms with Crippen LogP contribution in [0.1, 0.15) is 11.5 Å². The number of halogens is 4. The Morgan fingerprint density at radius 1 is 1.00 bits per heavy atom. The van der Waals surface area contributed by atoms with Crippen LogP contribution in [0.4, 0.5) is 17.6 Å². The lowest BCUT2D eigenvalue weighted by Gasteiger charge is -2.05. The van der Waals surface area contributed by atoms with Gasteiger partial charge in [-0.3, -0.25) is 0 Å². The lowest BCUT2D eigenvalue weighted by atomic mass is 10.1. The summed E-state index contributed by atoms with van der Waals surface area (Å²) in [6, 6.07) is 10.8. The first-order chi connectivity index (χ1) is 11.4. The van der Waals surface area contributed by atoms with E-state index in [2.05, 4.69) is 10.1 Å². The fourth-order valence-corrected chi connectivity index (χ4v) is 2.72. The molecule has 1 heterocycles. The molecule has 124 valence electrons. The second kappa shape index (κ2) is 6.64. The number of benzene rings is 2. The lowest BCUT2D eigenvalue weighted by molar-refractivity contribution is -0.137. The van der Waals surface area contributed by atoms with E-state index in [4.69, 9.17) is 4.52 Å². The summed E-state index contributed by atoms with van der Waals surface area (Å²) in [5.41, 5.74) is -0.334. The van der Waals surface area contributed by atoms with Gasteiger partial charge in [0.05, 0.1) is 11.3 Å². The minimum absolute atomic E-state index is 0.188. The normalized spacial score (nSPS) is 11.7. The van der Waals surface area contributed by atoms with Crippen molar-refractivity contribution in [3.05, 3.63) is 65.8 Å². The Bertz CT molecular complexity index is 831. The molecule has 2 aromatic carbocycles. The van der Waals surface area contributed by atoms with Gasteiger partial charge in [-0.25, -0.2) is 4.39 Å². The summed E-state index contributed by atoms with van der Waals surface area (Å²) >= 11 is 1.19. The molecule has 0 aliphatic rings. The van der Waals surface area contributed by atoms with Crippen LogP contribution in [0.3, 0.4) is 0 Å². The van der Waals surface area contributed by atoms with E-state index in [1.807, 2.05) is 0 Å². The second-order valence-corrected chi connectivity index (χ2v) is 5.82. The van der Waals surface area contributed by atoms with Crippen LogP contribution in [0.2, 0.25) is 0 Å². The molecule has 3 aromatic rings. The highest BCUT2D eigenvalue weighted by Gasteiger charge is 2.30. The van der Waals surface area contributed by atoms with Crippen LogP contribution in [0, 0.1) is 5.82 Å². The average Bonchev–Trinajstić information content (AvgIpc) is 3.02. The Morgan fingerprint density at radius 3 is 2.38 bits per heavy atom. The van der Waals surface area contributed by atoms with Crippen LogP contribution >= 0.6 is 11.8 Å². The number of rotatable bonds is 4. The highest BCUT2D eigenvalue weighted by Crippen LogP contribution is 2.31. The van der Waals surface area contributed by atoms with Gasteiger partial charge in [0.2, 0.25) is 11.7 Å². The summed E-state index contributed by atoms with van der Waals surface area (Å²) < 4.78 is 56.2. The van der Waals surface area contributed by atoms with Crippen molar-refractivity contribution < 1.29 is 22.1 Å². The first-order valence-electron chi connectivity index (χ1n) is 6.81. The molecule has 0 fully saturated rings. The molecule has 0 saturated heterocycles. The molecular formula is C16H10F4N2OS. The summed E-state index contributed by atoms with van der Waals surface area (Å²) in [5.74, 6) is 0.366. The van der Waals surface area contributed by atoms with Crippen molar-refractivity contribution in [3.8, 4) is 11.4 Å². The van der Waals surface area contributed by atoms with Crippen LogP contribution in [0.25, 0.3) is 11.4 Å². The Balaban J connectivity index is 1.70. The molecular weight excluding hydrogens is 344 g/mol. The van der Waals surface area contributed by atoms with Crippen molar-refractivity contribution in [2.45, 2.75) is 16.8 Å². The molecule has 0 saturated carbocycles. The van der Waals surface area contributed by atoms with Gasteiger partial charge < -0.3 is 4.52 Å². The standard InChI is InChI=1S/C16H10F4N2OS/c17-12-3-1-2-4-13(12)24-9-14-21-15(22-23-14)10-5-7-11(8-6-10)16(18,19)20/h1-8H,9H2. The fraction of sp³-hybridized carbons (Fsp3) is 0.125. The molecule has 24 heavy (non-hydrogen) atoms. The molecule has 0 amide bonds. The van der Waals surface area contributed by atoms with Crippen molar-refractivity contribution in [2.24, 2.45) is 0 Å². The van der Waals surface area contributed by atoms with E-state index in [-0.39, 0.29) is 23.3 Å². The van der Waals surface area contributed by atoms with Gasteiger partial charge in [0, 0.05) is 10.5 Å². The van der Waals surface area contributed by atoms with E-state index >= 15 is 0 Å². The van der Waals surface area contributed by atoms with Gasteiger partial charge in [-0.1, -0.05) is 29.4 Å². The smallest absolute Gasteiger partial charge is 0.338 e. The molecule has 3 nitrogen and oxygen atoms in total. The molecule has 0 unspecified atom stereocenters. The Morgan fingerprint density at radius 2 is 1.71 bits per heavy atom. The van der Waals surface area contributed by atoms with Crippen LogP contribution in [-0.4, -0.2) is 10.1 Å². The van der Waals surface area contributed by atoms with E-state index in [9.17, 15) is 17.6 Å². The summed E-state index contributed by atoms with van der Waals surface area (Å²) in [4.78, 5) is 4.57. The Hall–Kier alpha value is -2.35. The van der Waals surface area contributed by atoms with Crippen LogP contribution in [0.15, 0.2) is 57.9 Å². The number of hydrogen-bond donors (Lipinski definition) is 0. The molecule has 1 aromatic heterocycles. The molecule has 0 spiro atoms. The highest BCUT2D eigenvalue weighted by atomic mass is 32.2. The van der Waals surface area contributed by atoms with Gasteiger partial charge >= 0.3 is 6.18 Å². The van der Waals surface area contributed by atoms with Crippen LogP contribution < -0.4 is 0 Å². The van der Waals surface area contributed by atoms with E-state index in [1.54, 1.807) is 18.2 Å². The first kappa shape index (κ1) is 16.5. The third-order valence-electron chi connectivity index (χ3n) is 3.13. The molecule has 8 heteroatoms. The van der Waals surface area contributed by atoms with E-state index < -0.39 is 11.7 Å². The van der Waals surface area contributed by atoms with Crippen LogP contribution in [0.5, 0.6) is 0 Å². The Kier molecular flexibility index (Phi) is 4.57. The molecule has 0 N–H and O–H groups in total. The quantitative estimate of drug-likeness (QED) is 0.478. The van der Waals surface area contributed by atoms with E-state index in [0.29, 0.717) is 10.5 Å². The SMILES string of the molecule is Fc1ccccc1SCc1nc(-c2ccc(C(F)(F)F)cc2)no1. The minimum atomic E-state index is -4.39. The van der Waals surface area contributed by atoms with Crippen molar-refractivity contribution in [1.82, 2.24) is 10.1 Å². The lowest BCUT2D eigenvalue weighted by Crippen LogP contribution is -2.04. The number of thioether (sulfide) groups is 1. The number of aromatic nitrogens is 2. The van der Waals surface area contributed by atoms with Crippen molar-refractivity contribution in [3.63, 3.8) is 0 Å². The zero-order chi connectivity index (χ0) is 17.2. The third-order valence-corrected chi connectivity index (χ3v) is 4.16. The summed E-state index contributed by atoms with van der Waals surface area (Å²) in [5, 5.41) is 3.74. The maximum Gasteiger partial charge on any atom is 0.416 e. The van der Waals surface area contributed by atoms with Gasteiger partial charge in [-0.2, -0.15) is 18.2 Å². The number of nitrogens with zero attached hydrogens (tertiary/aromatic N) is 2. The van der Waals surface area contributed by atoms with Crippen molar-refractivity contribution >= 4 is 11.8 Å². The van der Waals surface area contributed by atoms with Crippen LogP contribution in [-0.2, 0) is 11.9 Å². The Labute approximate surface area is 138 Å². The topological polar surface area (TPSA) is 38.9 Å². The van der Waals surface area contributed by atoms with Gasteiger partial charge in [-0.05, 0) is 24.3 Å². The van der Waals surface area contributed by atoms with E-state index in [0.717, 1.165) is 12.1 Å². The maximum absolute atomic E-state index is 13.5. The van der Waals surface area contributed by atoms with Crippen molar-refractivity contribution in [1.29, 1.82) is 0 Å². The summed E-state index contributed by atoms with van der Waals surface area (Å²) in [6.45, 7) is 0. The first-order valence-corrected chi connectivity index (χ1v) is 7.79. The predicted molar refractivity (Wildman–Crippen MR) is 80.7 cm³/mol.